The molecule has 1 N–H and O–H groups in total. The second-order valence-corrected chi connectivity index (χ2v) is 9.25. The zero-order valence-corrected chi connectivity index (χ0v) is 21.8. The lowest BCUT2D eigenvalue weighted by molar-refractivity contribution is -0.132. The fourth-order valence-electron chi connectivity index (χ4n) is 4.48. The number of rotatable bonds is 8. The van der Waals surface area contributed by atoms with Crippen molar-refractivity contribution in [3.05, 3.63) is 94.8 Å². The molecule has 3 aromatic rings. The van der Waals surface area contributed by atoms with E-state index in [1.807, 2.05) is 20.8 Å². The van der Waals surface area contributed by atoms with Crippen LogP contribution in [0.1, 0.15) is 66.2 Å². The molecule has 1 aromatic heterocycles. The minimum Gasteiger partial charge on any atom is -0.507 e. The zero-order chi connectivity index (χ0) is 27.4. The van der Waals surface area contributed by atoms with Gasteiger partial charge in [-0.2, -0.15) is 0 Å². The maximum Gasteiger partial charge on any atom is 0.338 e. The number of hydrogen-bond donors (Lipinski definition) is 1. The van der Waals surface area contributed by atoms with Crippen molar-refractivity contribution < 1.29 is 29.0 Å². The van der Waals surface area contributed by atoms with Crippen molar-refractivity contribution in [2.75, 3.05) is 18.6 Å². The van der Waals surface area contributed by atoms with E-state index in [2.05, 4.69) is 4.98 Å². The van der Waals surface area contributed by atoms with Crippen molar-refractivity contribution in [3.63, 3.8) is 0 Å². The van der Waals surface area contributed by atoms with Gasteiger partial charge in [-0.05, 0) is 72.0 Å². The van der Waals surface area contributed by atoms with Crippen molar-refractivity contribution in [1.82, 2.24) is 4.98 Å². The smallest absolute Gasteiger partial charge is 0.338 e. The molecule has 8 heteroatoms. The minimum absolute atomic E-state index is 0.0469. The number of aliphatic hydroxyl groups is 1. The van der Waals surface area contributed by atoms with Gasteiger partial charge in [-0.3, -0.25) is 19.5 Å². The molecule has 0 radical (unpaired) electrons. The van der Waals surface area contributed by atoms with E-state index in [1.54, 1.807) is 74.1 Å². The first-order valence-corrected chi connectivity index (χ1v) is 12.4. The first-order valence-electron chi connectivity index (χ1n) is 12.4. The molecule has 196 valence electrons. The summed E-state index contributed by atoms with van der Waals surface area (Å²) in [7, 11) is 1.57. The van der Waals surface area contributed by atoms with Crippen LogP contribution in [0.15, 0.2) is 72.6 Å². The summed E-state index contributed by atoms with van der Waals surface area (Å²) in [4.78, 5) is 44.5. The summed E-state index contributed by atoms with van der Waals surface area (Å²) >= 11 is 0. The number of ketones is 1. The van der Waals surface area contributed by atoms with Crippen LogP contribution in [-0.4, -0.2) is 41.5 Å². The monoisotopic (exact) mass is 514 g/mol. The van der Waals surface area contributed by atoms with Crippen molar-refractivity contribution in [2.24, 2.45) is 0 Å². The SMILES string of the molecule is CCCOC(=O)c1ccc(N2C(=O)C(=O)/C(=C(\O)c3ccc(OC)c(C(C)C)c3)C2c2cccnc2)cc1. The summed E-state index contributed by atoms with van der Waals surface area (Å²) in [6.07, 6.45) is 3.85. The molecular formula is C30H30N2O6. The van der Waals surface area contributed by atoms with E-state index in [1.165, 1.54) is 4.90 Å². The van der Waals surface area contributed by atoms with E-state index in [9.17, 15) is 19.5 Å². The topological polar surface area (TPSA) is 106 Å². The van der Waals surface area contributed by atoms with Crippen LogP contribution in [0.25, 0.3) is 5.76 Å². The fourth-order valence-corrected chi connectivity index (χ4v) is 4.48. The molecule has 4 rings (SSSR count). The van der Waals surface area contributed by atoms with E-state index in [-0.39, 0.29) is 17.3 Å². The molecule has 0 aliphatic carbocycles. The zero-order valence-electron chi connectivity index (χ0n) is 21.8. The summed E-state index contributed by atoms with van der Waals surface area (Å²) in [5.74, 6) is -1.60. The van der Waals surface area contributed by atoms with Crippen LogP contribution in [0, 0.1) is 0 Å². The number of aliphatic hydroxyl groups excluding tert-OH is 1. The molecule has 1 fully saturated rings. The summed E-state index contributed by atoms with van der Waals surface area (Å²) < 4.78 is 10.6. The third kappa shape index (κ3) is 5.02. The van der Waals surface area contributed by atoms with Gasteiger partial charge >= 0.3 is 5.97 Å². The Hall–Kier alpha value is -4.46. The number of anilines is 1. The van der Waals surface area contributed by atoms with E-state index in [0.717, 1.165) is 5.56 Å². The molecule has 2 heterocycles. The average molecular weight is 515 g/mol. The number of hydrogen-bond acceptors (Lipinski definition) is 7. The Morgan fingerprint density at radius 2 is 1.79 bits per heavy atom. The molecule has 8 nitrogen and oxygen atoms in total. The maximum atomic E-state index is 13.4. The highest BCUT2D eigenvalue weighted by Gasteiger charge is 2.47. The molecule has 1 amide bonds. The number of carbonyl (C=O) groups excluding carboxylic acids is 3. The van der Waals surface area contributed by atoms with Gasteiger partial charge in [0.2, 0.25) is 0 Å². The fraction of sp³-hybridized carbons (Fsp3) is 0.267. The van der Waals surface area contributed by atoms with Gasteiger partial charge in [0.1, 0.15) is 11.5 Å². The Morgan fingerprint density at radius 3 is 2.39 bits per heavy atom. The summed E-state index contributed by atoms with van der Waals surface area (Å²) in [6.45, 7) is 6.21. The van der Waals surface area contributed by atoms with Crippen molar-refractivity contribution in [1.29, 1.82) is 0 Å². The van der Waals surface area contributed by atoms with E-state index in [0.29, 0.717) is 41.2 Å². The highest BCUT2D eigenvalue weighted by molar-refractivity contribution is 6.51. The average Bonchev–Trinajstić information content (AvgIpc) is 3.21. The molecule has 0 spiro atoms. The molecule has 1 saturated heterocycles. The van der Waals surface area contributed by atoms with Gasteiger partial charge < -0.3 is 14.6 Å². The van der Waals surface area contributed by atoms with Gasteiger partial charge in [0.05, 0.1) is 30.9 Å². The molecule has 1 atom stereocenters. The highest BCUT2D eigenvalue weighted by Crippen LogP contribution is 2.42. The predicted octanol–water partition coefficient (Wildman–Crippen LogP) is 5.41. The van der Waals surface area contributed by atoms with Crippen LogP contribution in [0.5, 0.6) is 5.75 Å². The van der Waals surface area contributed by atoms with Crippen LogP contribution in [0.2, 0.25) is 0 Å². The molecule has 1 aliphatic heterocycles. The lowest BCUT2D eigenvalue weighted by Gasteiger charge is -2.25. The van der Waals surface area contributed by atoms with Gasteiger partial charge in [0, 0.05) is 23.6 Å². The van der Waals surface area contributed by atoms with Crippen LogP contribution < -0.4 is 9.64 Å². The largest absolute Gasteiger partial charge is 0.507 e. The van der Waals surface area contributed by atoms with E-state index >= 15 is 0 Å². The van der Waals surface area contributed by atoms with Gasteiger partial charge in [-0.1, -0.05) is 26.8 Å². The first kappa shape index (κ1) is 26.6. The third-order valence-electron chi connectivity index (χ3n) is 6.39. The number of esters is 1. The molecule has 2 aromatic carbocycles. The van der Waals surface area contributed by atoms with Gasteiger partial charge in [-0.25, -0.2) is 4.79 Å². The second kappa shape index (κ2) is 11.3. The summed E-state index contributed by atoms with van der Waals surface area (Å²) in [6, 6.07) is 13.9. The number of amides is 1. The number of nitrogens with zero attached hydrogens (tertiary/aromatic N) is 2. The normalized spacial score (nSPS) is 16.7. The quantitative estimate of drug-likeness (QED) is 0.185. The van der Waals surface area contributed by atoms with Crippen molar-refractivity contribution in [3.8, 4) is 5.75 Å². The number of benzene rings is 2. The van der Waals surface area contributed by atoms with Crippen LogP contribution in [-0.2, 0) is 14.3 Å². The predicted molar refractivity (Wildman–Crippen MR) is 143 cm³/mol. The Kier molecular flexibility index (Phi) is 7.90. The molecular weight excluding hydrogens is 484 g/mol. The number of ether oxygens (including phenoxy) is 2. The lowest BCUT2D eigenvalue weighted by Crippen LogP contribution is -2.29. The van der Waals surface area contributed by atoms with Crippen LogP contribution in [0.4, 0.5) is 5.69 Å². The summed E-state index contributed by atoms with van der Waals surface area (Å²) in [5.41, 5.74) is 2.48. The Morgan fingerprint density at radius 1 is 1.08 bits per heavy atom. The Bertz CT molecular complexity index is 1380. The van der Waals surface area contributed by atoms with Crippen molar-refractivity contribution in [2.45, 2.75) is 39.2 Å². The second-order valence-electron chi connectivity index (χ2n) is 9.25. The lowest BCUT2D eigenvalue weighted by atomic mass is 9.93. The molecule has 0 bridgehead atoms. The van der Waals surface area contributed by atoms with Crippen LogP contribution >= 0.6 is 0 Å². The number of methoxy groups -OCH3 is 1. The molecule has 1 aliphatic rings. The first-order chi connectivity index (χ1) is 18.3. The van der Waals surface area contributed by atoms with Gasteiger partial charge in [-0.15, -0.1) is 0 Å². The van der Waals surface area contributed by atoms with E-state index < -0.39 is 23.7 Å². The minimum atomic E-state index is -0.925. The standard InChI is InChI=1S/C30H30N2O6/c1-5-15-38-30(36)19-8-11-22(12-9-19)32-26(21-7-6-14-31-17-21)25(28(34)29(32)35)27(33)20-10-13-24(37-4)23(16-20)18(2)3/h6-14,16-18,26,33H,5,15H2,1-4H3/b27-25-. The van der Waals surface area contributed by atoms with E-state index in [4.69, 9.17) is 9.47 Å². The highest BCUT2D eigenvalue weighted by atomic mass is 16.5. The molecule has 1 unspecified atom stereocenters. The number of pyridine rings is 1. The van der Waals surface area contributed by atoms with Crippen LogP contribution in [0.3, 0.4) is 0 Å². The van der Waals surface area contributed by atoms with Gasteiger partial charge in [0.25, 0.3) is 11.7 Å². The number of Topliss-reactive ketones (excluding diaryl/α,β-unsaturated/α-hetero) is 1. The maximum absolute atomic E-state index is 13.4. The number of aromatic nitrogens is 1. The number of carbonyl (C=O) groups is 3. The van der Waals surface area contributed by atoms with Crippen molar-refractivity contribution >= 4 is 29.1 Å². The Labute approximate surface area is 221 Å². The molecule has 0 saturated carbocycles. The molecule has 38 heavy (non-hydrogen) atoms. The third-order valence-corrected chi connectivity index (χ3v) is 6.39. The van der Waals surface area contributed by atoms with Gasteiger partial charge in [0.15, 0.2) is 0 Å². The summed E-state index contributed by atoms with van der Waals surface area (Å²) in [5, 5.41) is 11.4. The Balaban J connectivity index is 1.83.